The summed E-state index contributed by atoms with van der Waals surface area (Å²) in [7, 11) is 0. The largest absolute Gasteiger partial charge is 0.347 e. The molecule has 1 aromatic rings. The highest BCUT2D eigenvalue weighted by Crippen LogP contribution is 2.33. The summed E-state index contributed by atoms with van der Waals surface area (Å²) in [5.74, 6) is 1.60. The summed E-state index contributed by atoms with van der Waals surface area (Å²) < 4.78 is 1.99. The summed E-state index contributed by atoms with van der Waals surface area (Å²) in [4.78, 5) is 12.3. The van der Waals surface area contributed by atoms with Gasteiger partial charge in [0.25, 0.3) is 0 Å². The van der Waals surface area contributed by atoms with Crippen molar-refractivity contribution in [2.75, 3.05) is 0 Å². The smallest absolute Gasteiger partial charge is 0.237 e. The zero-order chi connectivity index (χ0) is 14.8. The summed E-state index contributed by atoms with van der Waals surface area (Å²) in [6, 6.07) is 0.821. The summed E-state index contributed by atoms with van der Waals surface area (Å²) in [6.07, 6.45) is 7.79. The van der Waals surface area contributed by atoms with E-state index >= 15 is 0 Å². The number of carbonyl (C=O) groups is 1. The molecule has 1 aliphatic heterocycles. The van der Waals surface area contributed by atoms with Gasteiger partial charge in [-0.1, -0.05) is 12.8 Å². The van der Waals surface area contributed by atoms with Gasteiger partial charge in [0.1, 0.15) is 6.33 Å². The van der Waals surface area contributed by atoms with E-state index in [2.05, 4.69) is 34.7 Å². The van der Waals surface area contributed by atoms with Crippen LogP contribution in [0.3, 0.4) is 0 Å². The van der Waals surface area contributed by atoms with Crippen LogP contribution in [0.2, 0.25) is 0 Å². The third-order valence-electron chi connectivity index (χ3n) is 4.80. The average Bonchev–Trinajstić information content (AvgIpc) is 3.10. The molecule has 0 bridgehead atoms. The van der Waals surface area contributed by atoms with Gasteiger partial charge in [-0.2, -0.15) is 0 Å². The lowest BCUT2D eigenvalue weighted by Gasteiger charge is -2.24. The molecule has 0 radical (unpaired) electrons. The van der Waals surface area contributed by atoms with E-state index in [0.29, 0.717) is 24.5 Å². The highest BCUT2D eigenvalue weighted by molar-refractivity contribution is 5.85. The molecule has 8 heteroatoms. The maximum Gasteiger partial charge on any atom is 0.237 e. The molecule has 1 saturated heterocycles. The van der Waals surface area contributed by atoms with Gasteiger partial charge in [-0.05, 0) is 39.0 Å². The van der Waals surface area contributed by atoms with Gasteiger partial charge in [0.2, 0.25) is 5.91 Å². The third-order valence-corrected chi connectivity index (χ3v) is 4.80. The van der Waals surface area contributed by atoms with E-state index in [-0.39, 0.29) is 36.8 Å². The van der Waals surface area contributed by atoms with E-state index in [1.54, 1.807) is 6.33 Å². The van der Waals surface area contributed by atoms with E-state index < -0.39 is 0 Å². The number of amides is 1. The summed E-state index contributed by atoms with van der Waals surface area (Å²) >= 11 is 0. The van der Waals surface area contributed by atoms with Crippen molar-refractivity contribution < 1.29 is 4.79 Å². The first-order valence-electron chi connectivity index (χ1n) is 8.07. The number of aromatic nitrogens is 3. The normalized spacial score (nSPS) is 26.1. The van der Waals surface area contributed by atoms with Crippen LogP contribution in [0.25, 0.3) is 0 Å². The van der Waals surface area contributed by atoms with Gasteiger partial charge in [-0.25, -0.2) is 0 Å². The first-order chi connectivity index (χ1) is 10.1. The molecule has 0 aromatic carbocycles. The maximum absolute atomic E-state index is 12.3. The lowest BCUT2D eigenvalue weighted by atomic mass is 9.85. The van der Waals surface area contributed by atoms with Gasteiger partial charge in [0.15, 0.2) is 5.82 Å². The lowest BCUT2D eigenvalue weighted by molar-refractivity contribution is -0.123. The van der Waals surface area contributed by atoms with Crippen LogP contribution >= 0.6 is 24.8 Å². The Morgan fingerprint density at radius 3 is 2.83 bits per heavy atom. The average molecular weight is 364 g/mol. The van der Waals surface area contributed by atoms with Crippen LogP contribution in [-0.4, -0.2) is 32.8 Å². The van der Waals surface area contributed by atoms with Crippen molar-refractivity contribution in [2.24, 2.45) is 5.92 Å². The van der Waals surface area contributed by atoms with Crippen molar-refractivity contribution in [1.82, 2.24) is 25.4 Å². The number of rotatable bonds is 4. The Morgan fingerprint density at radius 2 is 2.13 bits per heavy atom. The Hall–Kier alpha value is -0.850. The second-order valence-corrected chi connectivity index (χ2v) is 6.57. The predicted octanol–water partition coefficient (Wildman–Crippen LogP) is 2.24. The van der Waals surface area contributed by atoms with E-state index in [1.807, 2.05) is 4.57 Å². The van der Waals surface area contributed by atoms with Crippen LogP contribution in [-0.2, 0) is 11.3 Å². The van der Waals surface area contributed by atoms with E-state index in [0.717, 1.165) is 12.2 Å². The van der Waals surface area contributed by atoms with Crippen molar-refractivity contribution in [3.05, 3.63) is 12.2 Å². The first-order valence-corrected chi connectivity index (χ1v) is 8.07. The molecule has 1 amide bonds. The molecule has 2 N–H and O–H groups in total. The van der Waals surface area contributed by atoms with Gasteiger partial charge in [0.05, 0.1) is 12.6 Å². The van der Waals surface area contributed by atoms with E-state index in [9.17, 15) is 4.79 Å². The van der Waals surface area contributed by atoms with Crippen LogP contribution in [0.1, 0.15) is 57.8 Å². The molecular formula is C15H27Cl2N5O. The van der Waals surface area contributed by atoms with Crippen molar-refractivity contribution >= 4 is 30.7 Å². The topological polar surface area (TPSA) is 71.8 Å². The standard InChI is InChI=1S/C15H25N5O.2ClH/c1-10(2)20-9-17-19-14(20)8-16-15(21)13-7-11-5-3-4-6-12(11)18-13;;/h9-13,18H,3-8H2,1-2H3,(H,16,21);2*1H. The van der Waals surface area contributed by atoms with Crippen LogP contribution in [0.4, 0.5) is 0 Å². The lowest BCUT2D eigenvalue weighted by Crippen LogP contribution is -2.43. The van der Waals surface area contributed by atoms with Crippen LogP contribution in [0.15, 0.2) is 6.33 Å². The molecule has 23 heavy (non-hydrogen) atoms. The van der Waals surface area contributed by atoms with Crippen LogP contribution in [0.5, 0.6) is 0 Å². The third kappa shape index (κ3) is 4.58. The molecule has 2 aliphatic rings. The number of hydrogen-bond acceptors (Lipinski definition) is 4. The molecule has 1 saturated carbocycles. The highest BCUT2D eigenvalue weighted by Gasteiger charge is 2.38. The fourth-order valence-corrected chi connectivity index (χ4v) is 3.63. The van der Waals surface area contributed by atoms with E-state index in [1.165, 1.54) is 25.7 Å². The molecule has 2 heterocycles. The predicted molar refractivity (Wildman–Crippen MR) is 94.0 cm³/mol. The monoisotopic (exact) mass is 363 g/mol. The number of carbonyl (C=O) groups excluding carboxylic acids is 1. The fourth-order valence-electron chi connectivity index (χ4n) is 3.63. The van der Waals surface area contributed by atoms with Crippen LogP contribution < -0.4 is 10.6 Å². The van der Waals surface area contributed by atoms with Gasteiger partial charge in [0, 0.05) is 12.1 Å². The molecule has 2 fully saturated rings. The Kier molecular flexibility index (Phi) is 7.77. The Labute approximate surface area is 150 Å². The summed E-state index contributed by atoms with van der Waals surface area (Å²) in [6.45, 7) is 4.61. The van der Waals surface area contributed by atoms with Gasteiger partial charge < -0.3 is 15.2 Å². The SMILES string of the molecule is CC(C)n1cnnc1CNC(=O)C1CC2CCCCC2N1.Cl.Cl. The zero-order valence-electron chi connectivity index (χ0n) is 13.7. The first kappa shape index (κ1) is 20.2. The second kappa shape index (κ2) is 8.85. The Bertz CT molecular complexity index is 494. The fraction of sp³-hybridized carbons (Fsp3) is 0.800. The summed E-state index contributed by atoms with van der Waals surface area (Å²) in [5.41, 5.74) is 0. The molecule has 1 aliphatic carbocycles. The number of nitrogens with one attached hydrogen (secondary N) is 2. The molecule has 6 nitrogen and oxygen atoms in total. The highest BCUT2D eigenvalue weighted by atomic mass is 35.5. The number of fused-ring (bicyclic) bond motifs is 1. The minimum Gasteiger partial charge on any atom is -0.347 e. The molecule has 3 unspecified atom stereocenters. The van der Waals surface area contributed by atoms with E-state index in [4.69, 9.17) is 0 Å². The van der Waals surface area contributed by atoms with Gasteiger partial charge >= 0.3 is 0 Å². The molecule has 132 valence electrons. The van der Waals surface area contributed by atoms with Crippen molar-refractivity contribution in [2.45, 2.75) is 70.6 Å². The van der Waals surface area contributed by atoms with Crippen molar-refractivity contribution in [1.29, 1.82) is 0 Å². The molecular weight excluding hydrogens is 337 g/mol. The Balaban J connectivity index is 0.00000132. The quantitative estimate of drug-likeness (QED) is 0.860. The van der Waals surface area contributed by atoms with Crippen molar-refractivity contribution in [3.8, 4) is 0 Å². The van der Waals surface area contributed by atoms with Gasteiger partial charge in [-0.15, -0.1) is 35.0 Å². The minimum absolute atomic E-state index is 0. The second-order valence-electron chi connectivity index (χ2n) is 6.57. The number of nitrogens with zero attached hydrogens (tertiary/aromatic N) is 3. The Morgan fingerprint density at radius 1 is 1.39 bits per heavy atom. The maximum atomic E-state index is 12.3. The minimum atomic E-state index is -0.0338. The molecule has 3 atom stereocenters. The van der Waals surface area contributed by atoms with Crippen molar-refractivity contribution in [3.63, 3.8) is 0 Å². The molecule has 0 spiro atoms. The molecule has 1 aromatic heterocycles. The zero-order valence-corrected chi connectivity index (χ0v) is 15.3. The number of hydrogen-bond donors (Lipinski definition) is 2. The van der Waals surface area contributed by atoms with Gasteiger partial charge in [-0.3, -0.25) is 4.79 Å². The summed E-state index contributed by atoms with van der Waals surface area (Å²) in [5, 5.41) is 14.5. The van der Waals surface area contributed by atoms with Crippen LogP contribution in [0, 0.1) is 5.92 Å². The molecule has 3 rings (SSSR count). The number of halogens is 2.